The van der Waals surface area contributed by atoms with Crippen LogP contribution < -0.4 is 26.6 Å². The average Bonchev–Trinajstić information content (AvgIpc) is 3.16. The molecule has 0 atom stereocenters. The van der Waals surface area contributed by atoms with Crippen molar-refractivity contribution in [3.63, 3.8) is 0 Å². The molecule has 11 heteroatoms. The zero-order chi connectivity index (χ0) is 32.9. The number of carbonyl (C=O) groups is 3. The summed E-state index contributed by atoms with van der Waals surface area (Å²) in [7, 11) is 0. The van der Waals surface area contributed by atoms with Crippen LogP contribution in [-0.4, -0.2) is 79.2 Å². The van der Waals surface area contributed by atoms with E-state index in [2.05, 4.69) is 25.8 Å². The van der Waals surface area contributed by atoms with Crippen molar-refractivity contribution in [1.82, 2.24) is 20.5 Å². The normalized spacial score (nSPS) is 17.5. The number of likely N-dealkylation sites (tertiary alicyclic amines) is 1. The number of nitrogens with zero attached hydrogens (tertiary/aromatic N) is 3. The highest BCUT2D eigenvalue weighted by Crippen LogP contribution is 2.34. The van der Waals surface area contributed by atoms with Gasteiger partial charge >= 0.3 is 6.09 Å². The maximum Gasteiger partial charge on any atom is 0.407 e. The Morgan fingerprint density at radius 2 is 1.70 bits per heavy atom. The number of imide groups is 1. The van der Waals surface area contributed by atoms with Crippen LogP contribution in [-0.2, 0) is 9.53 Å². The van der Waals surface area contributed by atoms with Crippen molar-refractivity contribution in [3.8, 4) is 0 Å². The van der Waals surface area contributed by atoms with Gasteiger partial charge in [-0.1, -0.05) is 12.1 Å². The van der Waals surface area contributed by atoms with E-state index in [1.54, 1.807) is 30.5 Å². The van der Waals surface area contributed by atoms with Gasteiger partial charge in [0.05, 0.1) is 23.5 Å². The molecule has 5 rings (SSSR count). The monoisotopic (exact) mass is 635 g/mol. The molecular weight excluding hydrogens is 582 g/mol. The lowest BCUT2D eigenvalue weighted by atomic mass is 9.92. The highest BCUT2D eigenvalue weighted by atomic mass is 16.6. The Kier molecular flexibility index (Phi) is 13.4. The fraction of sp³-hybridized carbons (Fsp3) is 0.600. The van der Waals surface area contributed by atoms with E-state index in [0.717, 1.165) is 77.3 Å². The molecule has 3 amide bonds. The summed E-state index contributed by atoms with van der Waals surface area (Å²) in [4.78, 5) is 45.6. The molecule has 0 unspecified atom stereocenters. The molecule has 2 aromatic rings. The minimum Gasteiger partial charge on any atom is -0.444 e. The van der Waals surface area contributed by atoms with E-state index in [4.69, 9.17) is 10.5 Å². The zero-order valence-electron chi connectivity index (χ0n) is 27.9. The first kappa shape index (κ1) is 35.3. The number of carbonyl (C=O) groups excluding carboxylic acids is 3. The minimum atomic E-state index is -0.404. The van der Waals surface area contributed by atoms with Crippen molar-refractivity contribution in [3.05, 3.63) is 48.2 Å². The Morgan fingerprint density at radius 3 is 2.41 bits per heavy atom. The third kappa shape index (κ3) is 10.8. The second-order valence-electron chi connectivity index (χ2n) is 13.5. The van der Waals surface area contributed by atoms with Crippen molar-refractivity contribution in [2.24, 2.45) is 17.6 Å². The predicted octanol–water partition coefficient (Wildman–Crippen LogP) is 5.05. The topological polar surface area (TPSA) is 142 Å². The van der Waals surface area contributed by atoms with E-state index in [1.807, 2.05) is 32.9 Å². The number of para-hydroxylation sites is 1. The first-order valence-electron chi connectivity index (χ1n) is 16.9. The van der Waals surface area contributed by atoms with Gasteiger partial charge < -0.3 is 26.4 Å². The fourth-order valence-electron chi connectivity index (χ4n) is 6.22. The van der Waals surface area contributed by atoms with Crippen LogP contribution >= 0.6 is 0 Å². The van der Waals surface area contributed by atoms with E-state index in [-0.39, 0.29) is 24.5 Å². The van der Waals surface area contributed by atoms with Gasteiger partial charge in [0, 0.05) is 12.7 Å². The fourth-order valence-corrected chi connectivity index (χ4v) is 6.22. The number of fused-ring (bicyclic) bond motifs is 2. The van der Waals surface area contributed by atoms with Gasteiger partial charge in [-0.15, -0.1) is 0 Å². The molecule has 3 aliphatic rings. The summed E-state index contributed by atoms with van der Waals surface area (Å²) in [6, 6.07) is 10.7. The molecule has 2 saturated heterocycles. The lowest BCUT2D eigenvalue weighted by molar-refractivity contribution is -0.119. The Hall–Kier alpha value is -3.54. The number of pyridine rings is 1. The van der Waals surface area contributed by atoms with Gasteiger partial charge in [-0.2, -0.15) is 0 Å². The molecule has 0 radical (unpaired) electrons. The second kappa shape index (κ2) is 17.4. The van der Waals surface area contributed by atoms with Crippen molar-refractivity contribution in [2.75, 3.05) is 56.0 Å². The number of benzene rings is 1. The van der Waals surface area contributed by atoms with Crippen LogP contribution in [0.4, 0.5) is 22.0 Å². The summed E-state index contributed by atoms with van der Waals surface area (Å²) in [5, 5.41) is 9.36. The van der Waals surface area contributed by atoms with E-state index in [0.29, 0.717) is 28.7 Å². The molecule has 0 aliphatic carbocycles. The SMILES string of the molecule is CC(C)(C)OC(=O)NCCCC1CCNCC1.NCCCC1CCN(CC(=O)N2C(=O)c3ccccc3Nc3ncccc32)CC1. The largest absolute Gasteiger partial charge is 0.444 e. The van der Waals surface area contributed by atoms with Crippen molar-refractivity contribution < 1.29 is 19.1 Å². The number of amides is 3. The summed E-state index contributed by atoms with van der Waals surface area (Å²) < 4.78 is 5.17. The summed E-state index contributed by atoms with van der Waals surface area (Å²) in [6.45, 7) is 11.3. The number of anilines is 3. The molecule has 0 saturated carbocycles. The highest BCUT2D eigenvalue weighted by molar-refractivity contribution is 6.25. The smallest absolute Gasteiger partial charge is 0.407 e. The van der Waals surface area contributed by atoms with E-state index >= 15 is 0 Å². The van der Waals surface area contributed by atoms with Gasteiger partial charge in [0.15, 0.2) is 5.82 Å². The molecule has 4 heterocycles. The van der Waals surface area contributed by atoms with Crippen molar-refractivity contribution in [1.29, 1.82) is 0 Å². The highest BCUT2D eigenvalue weighted by Gasteiger charge is 2.33. The van der Waals surface area contributed by atoms with Gasteiger partial charge in [0.1, 0.15) is 5.60 Å². The van der Waals surface area contributed by atoms with Crippen LogP contribution in [0, 0.1) is 11.8 Å². The average molecular weight is 636 g/mol. The Bertz CT molecular complexity index is 1280. The molecule has 1 aromatic heterocycles. The lowest BCUT2D eigenvalue weighted by Crippen LogP contribution is -2.46. The summed E-state index contributed by atoms with van der Waals surface area (Å²) >= 11 is 0. The third-order valence-corrected chi connectivity index (χ3v) is 8.69. The summed E-state index contributed by atoms with van der Waals surface area (Å²) in [5.74, 6) is 1.49. The summed E-state index contributed by atoms with van der Waals surface area (Å²) in [5.41, 5.74) is 6.84. The van der Waals surface area contributed by atoms with Crippen LogP contribution in [0.2, 0.25) is 0 Å². The molecule has 0 spiro atoms. The minimum absolute atomic E-state index is 0.219. The van der Waals surface area contributed by atoms with Gasteiger partial charge in [-0.3, -0.25) is 14.5 Å². The Morgan fingerprint density at radius 1 is 1.00 bits per heavy atom. The number of nitrogens with two attached hydrogens (primary N) is 1. The molecule has 2 fully saturated rings. The van der Waals surface area contributed by atoms with Crippen LogP contribution in [0.15, 0.2) is 42.6 Å². The van der Waals surface area contributed by atoms with E-state index < -0.39 is 5.60 Å². The number of rotatable bonds is 9. The number of piperidine rings is 2. The van der Waals surface area contributed by atoms with Gasteiger partial charge in [0.25, 0.3) is 5.91 Å². The molecule has 252 valence electrons. The second-order valence-corrected chi connectivity index (χ2v) is 13.5. The first-order valence-corrected chi connectivity index (χ1v) is 16.9. The maximum absolute atomic E-state index is 13.3. The zero-order valence-corrected chi connectivity index (χ0v) is 27.9. The number of aromatic nitrogens is 1. The van der Waals surface area contributed by atoms with Gasteiger partial charge in [-0.05, 0) is 141 Å². The first-order chi connectivity index (χ1) is 22.1. The van der Waals surface area contributed by atoms with Crippen molar-refractivity contribution in [2.45, 2.75) is 77.7 Å². The van der Waals surface area contributed by atoms with E-state index in [9.17, 15) is 14.4 Å². The van der Waals surface area contributed by atoms with E-state index in [1.165, 1.54) is 24.2 Å². The van der Waals surface area contributed by atoms with Crippen molar-refractivity contribution >= 4 is 35.1 Å². The molecule has 0 bridgehead atoms. The molecule has 3 aliphatic heterocycles. The number of alkyl carbamates (subject to hydrolysis) is 1. The van der Waals surface area contributed by atoms with Crippen LogP contribution in [0.25, 0.3) is 0 Å². The lowest BCUT2D eigenvalue weighted by Gasteiger charge is -2.32. The number of ether oxygens (including phenoxy) is 1. The quantitative estimate of drug-likeness (QED) is 0.278. The maximum atomic E-state index is 13.3. The van der Waals surface area contributed by atoms with Gasteiger partial charge in [-0.25, -0.2) is 14.7 Å². The number of hydrogen-bond donors (Lipinski definition) is 4. The molecule has 46 heavy (non-hydrogen) atoms. The molecule has 11 nitrogen and oxygen atoms in total. The van der Waals surface area contributed by atoms with Gasteiger partial charge in [0.2, 0.25) is 5.91 Å². The van der Waals surface area contributed by atoms with Crippen LogP contribution in [0.1, 0.15) is 82.5 Å². The molecule has 5 N–H and O–H groups in total. The third-order valence-electron chi connectivity index (χ3n) is 8.69. The Balaban J connectivity index is 0.000000242. The summed E-state index contributed by atoms with van der Waals surface area (Å²) in [6.07, 6.45) is 10.5. The molecule has 1 aromatic carbocycles. The standard InChI is InChI=1S/C22H27N5O2.C13H26N2O2/c23-11-3-5-16-9-13-26(14-10-16)15-20(28)27-19-8-4-12-24-21(19)25-18-7-2-1-6-17(18)22(27)29;1-13(2,3)17-12(16)15-8-4-5-11-6-9-14-10-7-11/h1-2,4,6-8,12,16H,3,5,9-11,13-15,23H2,(H,24,25);11,14H,4-10H2,1-3H3,(H,15,16). The van der Waals surface area contributed by atoms with Crippen LogP contribution in [0.5, 0.6) is 0 Å². The Labute approximate surface area is 274 Å². The molecular formula is C35H53N7O4. The number of nitrogens with one attached hydrogen (secondary N) is 3. The predicted molar refractivity (Wildman–Crippen MR) is 182 cm³/mol. The van der Waals surface area contributed by atoms with Crippen LogP contribution in [0.3, 0.4) is 0 Å². The number of hydrogen-bond acceptors (Lipinski definition) is 9.